The fourth-order valence-electron chi connectivity index (χ4n) is 3.35. The van der Waals surface area contributed by atoms with E-state index in [1.807, 2.05) is 13.8 Å². The minimum Gasteiger partial charge on any atom is -0.251 e. The number of hydrogen-bond donors (Lipinski definition) is 1. The van der Waals surface area contributed by atoms with Gasteiger partial charge < -0.3 is 0 Å². The van der Waals surface area contributed by atoms with Crippen LogP contribution in [0.2, 0.25) is 0 Å². The topological polar surface area (TPSA) is 43.1 Å². The van der Waals surface area contributed by atoms with E-state index >= 15 is 0 Å². The van der Waals surface area contributed by atoms with Gasteiger partial charge in [-0.1, -0.05) is 19.3 Å². The zero-order valence-corrected chi connectivity index (χ0v) is 15.1. The lowest BCUT2D eigenvalue weighted by Gasteiger charge is -2.34. The van der Waals surface area contributed by atoms with Gasteiger partial charge in [-0.05, 0) is 57.1 Å². The lowest BCUT2D eigenvalue weighted by Crippen LogP contribution is -2.35. The summed E-state index contributed by atoms with van der Waals surface area (Å²) in [6, 6.07) is 2.77. The van der Waals surface area contributed by atoms with E-state index in [0.717, 1.165) is 41.9 Å². The van der Waals surface area contributed by atoms with Crippen LogP contribution < -0.4 is 5.14 Å². The molecule has 1 aliphatic carbocycles. The van der Waals surface area contributed by atoms with E-state index in [1.165, 1.54) is 12.5 Å². The number of hydrogen-bond acceptors (Lipinski definition) is 2. The molecule has 2 atom stereocenters. The maximum Gasteiger partial charge on any atom is 0.425 e. The quantitative estimate of drug-likeness (QED) is 0.761. The van der Waals surface area contributed by atoms with Crippen LogP contribution in [-0.4, -0.2) is 8.96 Å². The van der Waals surface area contributed by atoms with Crippen molar-refractivity contribution in [1.82, 2.24) is 0 Å². The summed E-state index contributed by atoms with van der Waals surface area (Å²) < 4.78 is 49.9. The first kappa shape index (κ1) is 18.9. The first-order valence-corrected chi connectivity index (χ1v) is 9.97. The Kier molecular flexibility index (Phi) is 5.95. The van der Waals surface area contributed by atoms with Gasteiger partial charge in [-0.3, -0.25) is 5.14 Å². The van der Waals surface area contributed by atoms with Crippen molar-refractivity contribution >= 4 is 22.3 Å². The third-order valence-corrected chi connectivity index (χ3v) is 7.26. The summed E-state index contributed by atoms with van der Waals surface area (Å²) in [4.78, 5) is 0.197. The predicted octanol–water partition coefficient (Wildman–Crippen LogP) is 5.22. The van der Waals surface area contributed by atoms with Gasteiger partial charge in [-0.2, -0.15) is 13.2 Å². The number of rotatable bonds is 5. The highest BCUT2D eigenvalue weighted by atomic mass is 32.2. The molecular weight excluding hydrogens is 343 g/mol. The normalized spacial score (nSPS) is 20.4. The molecule has 0 aliphatic heterocycles. The van der Waals surface area contributed by atoms with E-state index in [1.54, 1.807) is 6.07 Å². The molecule has 1 unspecified atom stereocenters. The molecule has 0 radical (unpaired) electrons. The molecule has 1 heterocycles. The van der Waals surface area contributed by atoms with Crippen LogP contribution >= 0.6 is 11.3 Å². The molecule has 2 rings (SSSR count). The Morgan fingerprint density at radius 1 is 1.26 bits per heavy atom. The Labute approximate surface area is 142 Å². The minimum atomic E-state index is -4.30. The highest BCUT2D eigenvalue weighted by molar-refractivity contribution is 7.84. The Morgan fingerprint density at radius 2 is 1.87 bits per heavy atom. The largest absolute Gasteiger partial charge is 0.425 e. The first-order chi connectivity index (χ1) is 10.6. The summed E-state index contributed by atoms with van der Waals surface area (Å²) in [5.74, 6) is 0.352. The molecule has 0 amide bonds. The van der Waals surface area contributed by atoms with Crippen LogP contribution in [0, 0.1) is 5.92 Å². The van der Waals surface area contributed by atoms with Gasteiger partial charge in [-0.15, -0.1) is 11.3 Å². The van der Waals surface area contributed by atoms with Gasteiger partial charge in [0, 0.05) is 4.88 Å². The van der Waals surface area contributed by atoms with Crippen LogP contribution in [0.25, 0.3) is 0 Å². The summed E-state index contributed by atoms with van der Waals surface area (Å²) in [5.41, 5.74) is 0. The molecule has 132 valence electrons. The minimum absolute atomic E-state index is 0.00102. The number of alkyl halides is 3. The van der Waals surface area contributed by atoms with Crippen molar-refractivity contribution in [3.8, 4) is 0 Å². The molecule has 2 nitrogen and oxygen atoms in total. The molecule has 1 aromatic heterocycles. The summed E-state index contributed by atoms with van der Waals surface area (Å²) >= 11 is 0.829. The first-order valence-electron chi connectivity index (χ1n) is 7.94. The van der Waals surface area contributed by atoms with Crippen LogP contribution in [0.15, 0.2) is 12.1 Å². The van der Waals surface area contributed by atoms with Crippen molar-refractivity contribution in [3.63, 3.8) is 0 Å². The molecule has 1 saturated carbocycles. The zero-order chi connectivity index (χ0) is 17.3. The van der Waals surface area contributed by atoms with Gasteiger partial charge in [0.05, 0.1) is 15.7 Å². The second-order valence-corrected chi connectivity index (χ2v) is 9.78. The fourth-order valence-corrected chi connectivity index (χ4v) is 4.77. The van der Waals surface area contributed by atoms with E-state index in [4.69, 9.17) is 5.14 Å². The van der Waals surface area contributed by atoms with Gasteiger partial charge in [0.25, 0.3) is 0 Å². The summed E-state index contributed by atoms with van der Waals surface area (Å²) in [7, 11) is -1.50. The second kappa shape index (κ2) is 7.23. The van der Waals surface area contributed by atoms with E-state index < -0.39 is 26.8 Å². The molecule has 1 fully saturated rings. The maximum atomic E-state index is 12.9. The van der Waals surface area contributed by atoms with Crippen molar-refractivity contribution < 1.29 is 17.4 Å². The fraction of sp³-hybridized carbons (Fsp3) is 0.750. The number of thiophene rings is 1. The predicted molar refractivity (Wildman–Crippen MR) is 89.7 cm³/mol. The average molecular weight is 368 g/mol. The van der Waals surface area contributed by atoms with Crippen molar-refractivity contribution in [2.24, 2.45) is 11.1 Å². The molecule has 23 heavy (non-hydrogen) atoms. The highest BCUT2D eigenvalue weighted by Crippen LogP contribution is 2.45. The van der Waals surface area contributed by atoms with Crippen LogP contribution in [0.1, 0.15) is 68.0 Å². The monoisotopic (exact) mass is 367 g/mol. The molecule has 1 aliphatic rings. The van der Waals surface area contributed by atoms with E-state index in [0.29, 0.717) is 12.3 Å². The van der Waals surface area contributed by atoms with Crippen molar-refractivity contribution in [3.05, 3.63) is 21.9 Å². The molecular formula is C16H24F3NOS2. The van der Waals surface area contributed by atoms with E-state index in [-0.39, 0.29) is 5.92 Å². The van der Waals surface area contributed by atoms with Crippen LogP contribution in [0.5, 0.6) is 0 Å². The van der Waals surface area contributed by atoms with E-state index in [9.17, 15) is 17.4 Å². The maximum absolute atomic E-state index is 12.9. The molecule has 0 saturated heterocycles. The molecule has 0 spiro atoms. The summed E-state index contributed by atoms with van der Waals surface area (Å²) in [6.45, 7) is 3.66. The summed E-state index contributed by atoms with van der Waals surface area (Å²) in [6.07, 6.45) is 1.72. The Hall–Kier alpha value is -0.400. The highest BCUT2D eigenvalue weighted by Gasteiger charge is 2.37. The van der Waals surface area contributed by atoms with Crippen molar-refractivity contribution in [2.45, 2.75) is 69.2 Å². The standard InChI is InChI=1S/C16H24F3NOS2/c1-15(2,23(20)21)10-12(11-6-4-3-5-7-11)13-8-9-14(22-13)16(17,18)19/h8-9,11-12H,3-7,10,20H2,1-2H3/t12-,23?/m0/s1. The van der Waals surface area contributed by atoms with Gasteiger partial charge >= 0.3 is 6.18 Å². The van der Waals surface area contributed by atoms with Crippen LogP contribution in [-0.2, 0) is 17.2 Å². The SMILES string of the molecule is CC(C)(C[C@H](c1ccc(C(F)(F)F)s1)C1CCCCC1)S(N)=O. The van der Waals surface area contributed by atoms with Gasteiger partial charge in [-0.25, -0.2) is 4.21 Å². The van der Waals surface area contributed by atoms with Gasteiger partial charge in [0.15, 0.2) is 0 Å². The Bertz CT molecular complexity index is 548. The average Bonchev–Trinajstić information content (AvgIpc) is 2.95. The Morgan fingerprint density at radius 3 is 2.35 bits per heavy atom. The molecule has 1 aromatic rings. The van der Waals surface area contributed by atoms with Crippen LogP contribution in [0.3, 0.4) is 0 Å². The molecule has 2 N–H and O–H groups in total. The van der Waals surface area contributed by atoms with Crippen molar-refractivity contribution in [1.29, 1.82) is 0 Å². The number of nitrogens with two attached hydrogens (primary N) is 1. The zero-order valence-electron chi connectivity index (χ0n) is 13.5. The summed E-state index contributed by atoms with van der Waals surface area (Å²) in [5, 5.41) is 5.60. The lowest BCUT2D eigenvalue weighted by atomic mass is 9.76. The smallest absolute Gasteiger partial charge is 0.251 e. The third kappa shape index (κ3) is 4.79. The van der Waals surface area contributed by atoms with Crippen molar-refractivity contribution in [2.75, 3.05) is 0 Å². The van der Waals surface area contributed by atoms with Gasteiger partial charge in [0.1, 0.15) is 4.88 Å². The third-order valence-electron chi connectivity index (χ3n) is 4.75. The van der Waals surface area contributed by atoms with E-state index in [2.05, 4.69) is 0 Å². The Balaban J connectivity index is 2.29. The molecule has 0 aromatic carbocycles. The molecule has 7 heteroatoms. The van der Waals surface area contributed by atoms with Gasteiger partial charge in [0.2, 0.25) is 0 Å². The second-order valence-electron chi connectivity index (χ2n) is 6.97. The lowest BCUT2D eigenvalue weighted by molar-refractivity contribution is -0.134. The number of halogens is 3. The molecule has 0 bridgehead atoms. The van der Waals surface area contributed by atoms with Crippen LogP contribution in [0.4, 0.5) is 13.2 Å².